The number of benzene rings is 2. The Bertz CT molecular complexity index is 1260. The van der Waals surface area contributed by atoms with Crippen LogP contribution in [0.5, 0.6) is 0 Å². The van der Waals surface area contributed by atoms with Crippen molar-refractivity contribution in [2.24, 2.45) is 0 Å². The van der Waals surface area contributed by atoms with Crippen LogP contribution in [0.3, 0.4) is 0 Å². The Morgan fingerprint density at radius 2 is 1.90 bits per heavy atom. The number of carbonyl (C=O) groups excluding carboxylic acids is 2. The van der Waals surface area contributed by atoms with Crippen molar-refractivity contribution in [3.8, 4) is 5.69 Å². The van der Waals surface area contributed by atoms with Gasteiger partial charge in [0.2, 0.25) is 0 Å². The Balaban J connectivity index is 1.49. The summed E-state index contributed by atoms with van der Waals surface area (Å²) in [5.74, 6) is 0.157. The van der Waals surface area contributed by atoms with Crippen molar-refractivity contribution in [2.45, 2.75) is 6.92 Å². The lowest BCUT2D eigenvalue weighted by Crippen LogP contribution is -2.30. The number of hydrogen-bond acceptors (Lipinski definition) is 5. The molecule has 0 aliphatic heterocycles. The van der Waals surface area contributed by atoms with Crippen molar-refractivity contribution in [2.75, 3.05) is 12.3 Å². The van der Waals surface area contributed by atoms with Crippen LogP contribution in [0, 0.1) is 6.92 Å². The molecule has 0 saturated carbocycles. The number of Topliss-reactive ketones (excluding diaryl/α,β-unsaturated/α-hetero) is 1. The fourth-order valence-electron chi connectivity index (χ4n) is 3.26. The molecule has 0 aliphatic rings. The van der Waals surface area contributed by atoms with Gasteiger partial charge in [0.1, 0.15) is 11.3 Å². The van der Waals surface area contributed by atoms with Crippen molar-refractivity contribution in [3.05, 3.63) is 82.9 Å². The third-order valence-corrected chi connectivity index (χ3v) is 4.98. The number of aromatic nitrogens is 3. The molecule has 0 fully saturated rings. The fourth-order valence-corrected chi connectivity index (χ4v) is 3.43. The lowest BCUT2D eigenvalue weighted by molar-refractivity contribution is 0.0904. The van der Waals surface area contributed by atoms with Crippen LogP contribution in [0.25, 0.3) is 16.7 Å². The first-order valence-corrected chi connectivity index (χ1v) is 9.58. The van der Waals surface area contributed by atoms with Crippen LogP contribution in [0.4, 0.5) is 5.69 Å². The van der Waals surface area contributed by atoms with Gasteiger partial charge in [0.15, 0.2) is 5.78 Å². The van der Waals surface area contributed by atoms with Gasteiger partial charge in [-0.15, -0.1) is 0 Å². The van der Waals surface area contributed by atoms with Gasteiger partial charge < -0.3 is 11.1 Å². The van der Waals surface area contributed by atoms with Crippen LogP contribution >= 0.6 is 11.6 Å². The summed E-state index contributed by atoms with van der Waals surface area (Å²) in [5, 5.41) is 2.99. The van der Waals surface area contributed by atoms with Crippen molar-refractivity contribution in [1.82, 2.24) is 19.9 Å². The zero-order valence-corrected chi connectivity index (χ0v) is 16.8. The van der Waals surface area contributed by atoms with E-state index in [9.17, 15) is 9.59 Å². The van der Waals surface area contributed by atoms with Crippen LogP contribution in [-0.4, -0.2) is 32.8 Å². The number of amides is 1. The highest BCUT2D eigenvalue weighted by molar-refractivity contribution is 6.31. The van der Waals surface area contributed by atoms with E-state index in [1.165, 1.54) is 6.07 Å². The average Bonchev–Trinajstić information content (AvgIpc) is 3.09. The lowest BCUT2D eigenvalue weighted by Gasteiger charge is -2.09. The van der Waals surface area contributed by atoms with E-state index in [2.05, 4.69) is 15.3 Å². The van der Waals surface area contributed by atoms with Gasteiger partial charge in [-0.3, -0.25) is 19.1 Å². The maximum absolute atomic E-state index is 12.5. The molecule has 0 spiro atoms. The summed E-state index contributed by atoms with van der Waals surface area (Å²) in [4.78, 5) is 33.4. The van der Waals surface area contributed by atoms with E-state index in [1.807, 2.05) is 29.7 Å². The number of anilines is 1. The molecule has 0 saturated heterocycles. The summed E-state index contributed by atoms with van der Waals surface area (Å²) < 4.78 is 2.00. The minimum absolute atomic E-state index is 0.150. The van der Waals surface area contributed by atoms with E-state index >= 15 is 0 Å². The van der Waals surface area contributed by atoms with Gasteiger partial charge in [0.05, 0.1) is 23.8 Å². The molecule has 0 atom stereocenters. The highest BCUT2D eigenvalue weighted by Gasteiger charge is 2.14. The normalized spacial score (nSPS) is 10.9. The molecule has 4 rings (SSSR count). The molecule has 0 radical (unpaired) electrons. The molecule has 1 amide bonds. The van der Waals surface area contributed by atoms with Crippen LogP contribution in [0.15, 0.2) is 60.9 Å². The Labute approximate surface area is 177 Å². The summed E-state index contributed by atoms with van der Waals surface area (Å²) >= 11 is 5.91. The van der Waals surface area contributed by atoms with Gasteiger partial charge in [-0.25, -0.2) is 4.98 Å². The number of imidazole rings is 1. The van der Waals surface area contributed by atoms with E-state index in [1.54, 1.807) is 36.7 Å². The second-order valence-electron chi connectivity index (χ2n) is 6.74. The van der Waals surface area contributed by atoms with E-state index < -0.39 is 5.91 Å². The summed E-state index contributed by atoms with van der Waals surface area (Å²) in [6.45, 7) is 1.76. The number of carbonyl (C=O) groups is 2. The molecule has 150 valence electrons. The molecule has 4 aromatic rings. The molecule has 30 heavy (non-hydrogen) atoms. The highest BCUT2D eigenvalue weighted by Crippen LogP contribution is 2.21. The molecule has 0 bridgehead atoms. The minimum Gasteiger partial charge on any atom is -0.398 e. The zero-order chi connectivity index (χ0) is 21.3. The Morgan fingerprint density at radius 3 is 2.67 bits per heavy atom. The van der Waals surface area contributed by atoms with Crippen molar-refractivity contribution in [1.29, 1.82) is 0 Å². The molecular formula is C22H18ClN5O2. The smallest absolute Gasteiger partial charge is 0.253 e. The minimum atomic E-state index is -0.450. The summed E-state index contributed by atoms with van der Waals surface area (Å²) in [6.07, 6.45) is 3.43. The van der Waals surface area contributed by atoms with Gasteiger partial charge in [-0.05, 0) is 55.5 Å². The van der Waals surface area contributed by atoms with Crippen molar-refractivity contribution >= 4 is 40.0 Å². The molecule has 3 N–H and O–H groups in total. The number of hydrogen-bond donors (Lipinski definition) is 2. The summed E-state index contributed by atoms with van der Waals surface area (Å²) in [6, 6.07) is 13.7. The SMILES string of the molecule is Cc1nc2cnccc2n1-c1ccc(C(=O)CNC(=O)c2cc(Cl)ccc2N)cc1. The summed E-state index contributed by atoms with van der Waals surface area (Å²) in [7, 11) is 0. The largest absolute Gasteiger partial charge is 0.398 e. The number of halogens is 1. The van der Waals surface area contributed by atoms with Gasteiger partial charge in [0, 0.05) is 28.2 Å². The molecule has 8 heteroatoms. The third-order valence-electron chi connectivity index (χ3n) is 4.74. The van der Waals surface area contributed by atoms with Crippen molar-refractivity contribution < 1.29 is 9.59 Å². The first kappa shape index (κ1) is 19.6. The highest BCUT2D eigenvalue weighted by atomic mass is 35.5. The van der Waals surface area contributed by atoms with Gasteiger partial charge >= 0.3 is 0 Å². The van der Waals surface area contributed by atoms with Gasteiger partial charge in [-0.1, -0.05) is 11.6 Å². The molecular weight excluding hydrogens is 402 g/mol. The Morgan fingerprint density at radius 1 is 1.13 bits per heavy atom. The lowest BCUT2D eigenvalue weighted by atomic mass is 10.1. The first-order valence-electron chi connectivity index (χ1n) is 9.20. The maximum atomic E-state index is 12.5. The second-order valence-corrected chi connectivity index (χ2v) is 7.18. The number of aryl methyl sites for hydroxylation is 1. The standard InChI is InChI=1S/C22H18ClN5O2/c1-13-27-19-11-25-9-8-20(19)28(13)16-5-2-14(3-6-16)21(29)12-26-22(30)17-10-15(23)4-7-18(17)24/h2-11H,12,24H2,1H3,(H,26,30). The number of nitrogen functional groups attached to an aromatic ring is 1. The first-order chi connectivity index (χ1) is 14.4. The van der Waals surface area contributed by atoms with Gasteiger partial charge in [-0.2, -0.15) is 0 Å². The van der Waals surface area contributed by atoms with Crippen LogP contribution < -0.4 is 11.1 Å². The zero-order valence-electron chi connectivity index (χ0n) is 16.1. The fraction of sp³-hybridized carbons (Fsp3) is 0.0909. The summed E-state index contributed by atoms with van der Waals surface area (Å²) in [5.41, 5.74) is 9.46. The van der Waals surface area contributed by atoms with E-state index in [4.69, 9.17) is 17.3 Å². The predicted molar refractivity (Wildman–Crippen MR) is 116 cm³/mol. The van der Waals surface area contributed by atoms with E-state index in [0.29, 0.717) is 16.3 Å². The van der Waals surface area contributed by atoms with Gasteiger partial charge in [0.25, 0.3) is 5.91 Å². The number of nitrogens with zero attached hydrogens (tertiary/aromatic N) is 3. The second kappa shape index (κ2) is 7.96. The number of nitrogens with two attached hydrogens (primary N) is 1. The number of ketones is 1. The topological polar surface area (TPSA) is 103 Å². The number of pyridine rings is 1. The maximum Gasteiger partial charge on any atom is 0.253 e. The molecule has 7 nitrogen and oxygen atoms in total. The number of rotatable bonds is 5. The molecule has 0 aliphatic carbocycles. The Kier molecular flexibility index (Phi) is 5.20. The van der Waals surface area contributed by atoms with Crippen LogP contribution in [0.2, 0.25) is 5.02 Å². The van der Waals surface area contributed by atoms with Crippen molar-refractivity contribution in [3.63, 3.8) is 0 Å². The quantitative estimate of drug-likeness (QED) is 0.380. The number of nitrogens with one attached hydrogen (secondary N) is 1. The Hall–Kier alpha value is -3.71. The van der Waals surface area contributed by atoms with Crippen LogP contribution in [-0.2, 0) is 0 Å². The third kappa shape index (κ3) is 3.75. The molecule has 2 aromatic heterocycles. The number of fused-ring (bicyclic) bond motifs is 1. The van der Waals surface area contributed by atoms with E-state index in [0.717, 1.165) is 22.5 Å². The van der Waals surface area contributed by atoms with E-state index in [-0.39, 0.29) is 17.9 Å². The molecule has 0 unspecified atom stereocenters. The molecule has 2 aromatic carbocycles. The monoisotopic (exact) mass is 419 g/mol. The average molecular weight is 420 g/mol. The van der Waals surface area contributed by atoms with Crippen LogP contribution in [0.1, 0.15) is 26.5 Å². The molecule has 2 heterocycles. The predicted octanol–water partition coefficient (Wildman–Crippen LogP) is 3.58.